The Hall–Kier alpha value is -1.62. The third-order valence-corrected chi connectivity index (χ3v) is 6.77. The molecule has 1 aromatic rings. The molecular formula is C16H23F3N4O3S. The SMILES string of the molecule is Cc1cc(NC(=O)CN2CCC[C@H](C(F)(F)F)C2)n([C@H]2CCS(=O)(=O)C2)n1. The van der Waals surface area contributed by atoms with Crippen LogP contribution in [0.4, 0.5) is 19.0 Å². The molecule has 0 radical (unpaired) electrons. The summed E-state index contributed by atoms with van der Waals surface area (Å²) in [7, 11) is -3.11. The van der Waals surface area contributed by atoms with Crippen molar-refractivity contribution in [3.8, 4) is 0 Å². The summed E-state index contributed by atoms with van der Waals surface area (Å²) >= 11 is 0. The van der Waals surface area contributed by atoms with Gasteiger partial charge in [0, 0.05) is 12.6 Å². The summed E-state index contributed by atoms with van der Waals surface area (Å²) in [6.45, 7) is 1.85. The Bertz CT molecular complexity index is 806. The number of hydrogen-bond donors (Lipinski definition) is 1. The van der Waals surface area contributed by atoms with Crippen molar-refractivity contribution in [1.29, 1.82) is 0 Å². The lowest BCUT2D eigenvalue weighted by atomic mass is 9.97. The van der Waals surface area contributed by atoms with Crippen molar-refractivity contribution in [3.05, 3.63) is 11.8 Å². The van der Waals surface area contributed by atoms with E-state index in [1.165, 1.54) is 9.58 Å². The zero-order valence-corrected chi connectivity index (χ0v) is 15.8. The van der Waals surface area contributed by atoms with Gasteiger partial charge in [0.1, 0.15) is 5.82 Å². The lowest BCUT2D eigenvalue weighted by Gasteiger charge is -2.33. The number of amides is 1. The second-order valence-electron chi connectivity index (χ2n) is 7.34. The second-order valence-corrected chi connectivity index (χ2v) is 9.57. The lowest BCUT2D eigenvalue weighted by Crippen LogP contribution is -2.44. The summed E-state index contributed by atoms with van der Waals surface area (Å²) in [4.78, 5) is 13.9. The number of nitrogens with zero attached hydrogens (tertiary/aromatic N) is 3. The van der Waals surface area contributed by atoms with Crippen LogP contribution in [-0.2, 0) is 14.6 Å². The van der Waals surface area contributed by atoms with Crippen LogP contribution in [-0.4, -0.2) is 66.3 Å². The molecular weight excluding hydrogens is 385 g/mol. The fourth-order valence-corrected chi connectivity index (χ4v) is 5.40. The number of carbonyl (C=O) groups is 1. The van der Waals surface area contributed by atoms with Crippen LogP contribution >= 0.6 is 0 Å². The van der Waals surface area contributed by atoms with Crippen LogP contribution in [0.3, 0.4) is 0 Å². The van der Waals surface area contributed by atoms with Crippen molar-refractivity contribution in [3.63, 3.8) is 0 Å². The van der Waals surface area contributed by atoms with E-state index >= 15 is 0 Å². The molecule has 0 unspecified atom stereocenters. The van der Waals surface area contributed by atoms with E-state index in [4.69, 9.17) is 0 Å². The summed E-state index contributed by atoms with van der Waals surface area (Å²) in [6.07, 6.45) is -3.34. The van der Waals surface area contributed by atoms with E-state index in [0.717, 1.165) is 0 Å². The molecule has 0 aliphatic carbocycles. The van der Waals surface area contributed by atoms with E-state index in [1.807, 2.05) is 0 Å². The number of halogens is 3. The van der Waals surface area contributed by atoms with Crippen LogP contribution in [0.15, 0.2) is 6.07 Å². The minimum atomic E-state index is -4.25. The first-order valence-electron chi connectivity index (χ1n) is 8.89. The maximum atomic E-state index is 12.9. The zero-order valence-electron chi connectivity index (χ0n) is 15.0. The van der Waals surface area contributed by atoms with E-state index in [0.29, 0.717) is 30.9 Å². The molecule has 152 valence electrons. The minimum Gasteiger partial charge on any atom is -0.310 e. The molecule has 1 aromatic heterocycles. The summed E-state index contributed by atoms with van der Waals surface area (Å²) in [5.74, 6) is -1.41. The molecule has 11 heteroatoms. The zero-order chi connectivity index (χ0) is 19.8. The Morgan fingerprint density at radius 2 is 2.11 bits per heavy atom. The monoisotopic (exact) mass is 408 g/mol. The van der Waals surface area contributed by atoms with Gasteiger partial charge in [-0.15, -0.1) is 0 Å². The first-order chi connectivity index (χ1) is 12.5. The average molecular weight is 408 g/mol. The Morgan fingerprint density at radius 1 is 1.37 bits per heavy atom. The quantitative estimate of drug-likeness (QED) is 0.821. The highest BCUT2D eigenvalue weighted by molar-refractivity contribution is 7.91. The molecule has 0 saturated carbocycles. The highest BCUT2D eigenvalue weighted by Gasteiger charge is 2.42. The Kier molecular flexibility index (Phi) is 5.53. The molecule has 3 rings (SSSR count). The number of rotatable bonds is 4. The molecule has 2 aliphatic rings. The highest BCUT2D eigenvalue weighted by atomic mass is 32.2. The normalized spacial score (nSPS) is 26.2. The van der Waals surface area contributed by atoms with Crippen LogP contribution in [0.5, 0.6) is 0 Å². The fraction of sp³-hybridized carbons (Fsp3) is 0.750. The lowest BCUT2D eigenvalue weighted by molar-refractivity contribution is -0.186. The van der Waals surface area contributed by atoms with Crippen LogP contribution in [0.25, 0.3) is 0 Å². The van der Waals surface area contributed by atoms with Crippen LogP contribution in [0, 0.1) is 12.8 Å². The molecule has 27 heavy (non-hydrogen) atoms. The smallest absolute Gasteiger partial charge is 0.310 e. The van der Waals surface area contributed by atoms with Gasteiger partial charge in [-0.05, 0) is 32.7 Å². The van der Waals surface area contributed by atoms with Crippen molar-refractivity contribution in [2.45, 2.75) is 38.4 Å². The molecule has 0 bridgehead atoms. The first-order valence-corrected chi connectivity index (χ1v) is 10.7. The van der Waals surface area contributed by atoms with Gasteiger partial charge in [-0.2, -0.15) is 18.3 Å². The fourth-order valence-electron chi connectivity index (χ4n) is 3.71. The summed E-state index contributed by atoms with van der Waals surface area (Å²) in [5, 5.41) is 6.96. The molecule has 7 nitrogen and oxygen atoms in total. The maximum Gasteiger partial charge on any atom is 0.393 e. The van der Waals surface area contributed by atoms with E-state index in [2.05, 4.69) is 10.4 Å². The van der Waals surface area contributed by atoms with Gasteiger partial charge in [0.05, 0.1) is 35.7 Å². The van der Waals surface area contributed by atoms with Crippen molar-refractivity contribution >= 4 is 21.6 Å². The van der Waals surface area contributed by atoms with Gasteiger partial charge < -0.3 is 5.32 Å². The number of alkyl halides is 3. The molecule has 3 heterocycles. The number of aryl methyl sites for hydroxylation is 1. The Labute approximate surface area is 155 Å². The second kappa shape index (κ2) is 7.42. The van der Waals surface area contributed by atoms with Crippen LogP contribution in [0.2, 0.25) is 0 Å². The van der Waals surface area contributed by atoms with Gasteiger partial charge in [0.2, 0.25) is 5.91 Å². The summed E-state index contributed by atoms with van der Waals surface area (Å²) in [6, 6.07) is 1.29. The molecule has 1 amide bonds. The van der Waals surface area contributed by atoms with Gasteiger partial charge in [-0.25, -0.2) is 13.1 Å². The van der Waals surface area contributed by atoms with Gasteiger partial charge in [-0.3, -0.25) is 9.69 Å². The molecule has 2 saturated heterocycles. The predicted molar refractivity (Wildman–Crippen MR) is 93.1 cm³/mol. The number of carbonyl (C=O) groups excluding carboxylic acids is 1. The number of piperidine rings is 1. The molecule has 2 aliphatic heterocycles. The van der Waals surface area contributed by atoms with Crippen molar-refractivity contribution in [2.24, 2.45) is 5.92 Å². The Morgan fingerprint density at radius 3 is 2.74 bits per heavy atom. The number of aromatic nitrogens is 2. The number of anilines is 1. The summed E-state index contributed by atoms with van der Waals surface area (Å²) in [5.41, 5.74) is 0.629. The van der Waals surface area contributed by atoms with Gasteiger partial charge in [0.25, 0.3) is 0 Å². The molecule has 0 aromatic carbocycles. The number of hydrogen-bond acceptors (Lipinski definition) is 5. The third kappa shape index (κ3) is 5.01. The maximum absolute atomic E-state index is 12.9. The van der Waals surface area contributed by atoms with Gasteiger partial charge in [0.15, 0.2) is 9.84 Å². The van der Waals surface area contributed by atoms with Crippen LogP contribution in [0.1, 0.15) is 31.0 Å². The van der Waals surface area contributed by atoms with E-state index < -0.39 is 27.8 Å². The van der Waals surface area contributed by atoms with Crippen molar-refractivity contribution < 1.29 is 26.4 Å². The molecule has 1 N–H and O–H groups in total. The average Bonchev–Trinajstić information content (AvgIpc) is 3.08. The predicted octanol–water partition coefficient (Wildman–Crippen LogP) is 1.76. The standard InChI is InChI=1S/C16H23F3N4O3S/c1-11-7-14(23(21-11)13-4-6-27(25,26)10-13)20-15(24)9-22-5-2-3-12(8-22)16(17,18)19/h7,12-13H,2-6,8-10H2,1H3,(H,20,24)/t12-,13-/m0/s1. The summed E-state index contributed by atoms with van der Waals surface area (Å²) < 4.78 is 63.6. The molecule has 2 atom stereocenters. The number of nitrogens with one attached hydrogen (secondary N) is 1. The Balaban J connectivity index is 1.63. The van der Waals surface area contributed by atoms with Crippen molar-refractivity contribution in [2.75, 3.05) is 36.5 Å². The third-order valence-electron chi connectivity index (χ3n) is 5.02. The van der Waals surface area contributed by atoms with E-state index in [9.17, 15) is 26.4 Å². The largest absolute Gasteiger partial charge is 0.393 e. The van der Waals surface area contributed by atoms with Gasteiger partial charge >= 0.3 is 6.18 Å². The van der Waals surface area contributed by atoms with Crippen LogP contribution < -0.4 is 5.32 Å². The van der Waals surface area contributed by atoms with E-state index in [-0.39, 0.29) is 37.1 Å². The number of likely N-dealkylation sites (tertiary alicyclic amines) is 1. The first kappa shape index (κ1) is 20.1. The van der Waals surface area contributed by atoms with Gasteiger partial charge in [-0.1, -0.05) is 0 Å². The number of sulfone groups is 1. The minimum absolute atomic E-state index is 0.0314. The van der Waals surface area contributed by atoms with Crippen molar-refractivity contribution in [1.82, 2.24) is 14.7 Å². The molecule has 0 spiro atoms. The topological polar surface area (TPSA) is 84.3 Å². The molecule has 2 fully saturated rings. The van der Waals surface area contributed by atoms with E-state index in [1.54, 1.807) is 13.0 Å². The highest BCUT2D eigenvalue weighted by Crippen LogP contribution is 2.33.